The molecule has 1 atom stereocenters. The van der Waals surface area contributed by atoms with Crippen LogP contribution in [0, 0.1) is 0 Å². The number of nitrogens with one attached hydrogen (secondary N) is 2. The highest BCUT2D eigenvalue weighted by molar-refractivity contribution is 7.87. The summed E-state index contributed by atoms with van der Waals surface area (Å²) in [5.41, 5.74) is 0. The maximum Gasteiger partial charge on any atom is 0.280 e. The van der Waals surface area contributed by atoms with E-state index in [1.807, 2.05) is 0 Å². The summed E-state index contributed by atoms with van der Waals surface area (Å²) in [5.74, 6) is -0.129. The minimum atomic E-state index is -3.52. The molecular formula is C13H25N3O3S. The molecular weight excluding hydrogens is 278 g/mol. The van der Waals surface area contributed by atoms with E-state index in [0.717, 1.165) is 32.1 Å². The molecule has 1 aliphatic heterocycles. The SMILES string of the molecule is CCNS(=O)(=O)N1CCCC1C(=O)NC1CCCCC1. The van der Waals surface area contributed by atoms with E-state index in [9.17, 15) is 13.2 Å². The van der Waals surface area contributed by atoms with Crippen LogP contribution in [0.5, 0.6) is 0 Å². The molecule has 0 aromatic heterocycles. The summed E-state index contributed by atoms with van der Waals surface area (Å²) in [5, 5.41) is 3.03. The van der Waals surface area contributed by atoms with Crippen LogP contribution in [0.3, 0.4) is 0 Å². The van der Waals surface area contributed by atoms with Crippen molar-refractivity contribution in [3.8, 4) is 0 Å². The Morgan fingerprint density at radius 3 is 2.50 bits per heavy atom. The number of hydrogen-bond donors (Lipinski definition) is 2. The highest BCUT2D eigenvalue weighted by Crippen LogP contribution is 2.22. The van der Waals surface area contributed by atoms with E-state index >= 15 is 0 Å². The number of rotatable bonds is 5. The highest BCUT2D eigenvalue weighted by Gasteiger charge is 2.38. The van der Waals surface area contributed by atoms with E-state index in [0.29, 0.717) is 19.5 Å². The molecule has 7 heteroatoms. The monoisotopic (exact) mass is 303 g/mol. The zero-order valence-corrected chi connectivity index (χ0v) is 12.9. The Morgan fingerprint density at radius 1 is 1.15 bits per heavy atom. The Bertz CT molecular complexity index is 432. The smallest absolute Gasteiger partial charge is 0.280 e. The molecule has 1 saturated heterocycles. The van der Waals surface area contributed by atoms with Crippen molar-refractivity contribution >= 4 is 16.1 Å². The van der Waals surface area contributed by atoms with Crippen LogP contribution in [0.1, 0.15) is 51.9 Å². The molecule has 116 valence electrons. The van der Waals surface area contributed by atoms with E-state index in [1.165, 1.54) is 10.7 Å². The predicted molar refractivity (Wildman–Crippen MR) is 77.3 cm³/mol. The van der Waals surface area contributed by atoms with Gasteiger partial charge in [0.25, 0.3) is 10.2 Å². The van der Waals surface area contributed by atoms with Gasteiger partial charge in [0, 0.05) is 19.1 Å². The quantitative estimate of drug-likeness (QED) is 0.787. The molecule has 1 amide bonds. The average molecular weight is 303 g/mol. The van der Waals surface area contributed by atoms with Crippen molar-refractivity contribution in [2.24, 2.45) is 0 Å². The second kappa shape index (κ2) is 6.87. The summed E-state index contributed by atoms with van der Waals surface area (Å²) in [4.78, 5) is 12.3. The van der Waals surface area contributed by atoms with E-state index in [1.54, 1.807) is 6.92 Å². The number of nitrogens with zero attached hydrogens (tertiary/aromatic N) is 1. The molecule has 2 fully saturated rings. The fraction of sp³-hybridized carbons (Fsp3) is 0.923. The molecule has 0 radical (unpaired) electrons. The van der Waals surface area contributed by atoms with Crippen molar-refractivity contribution in [2.75, 3.05) is 13.1 Å². The van der Waals surface area contributed by atoms with Gasteiger partial charge in [0.1, 0.15) is 6.04 Å². The van der Waals surface area contributed by atoms with Gasteiger partial charge in [-0.2, -0.15) is 12.7 Å². The summed E-state index contributed by atoms with van der Waals surface area (Å²) in [6.45, 7) is 2.51. The standard InChI is InChI=1S/C13H25N3O3S/c1-2-14-20(18,19)16-10-6-9-12(16)13(17)15-11-7-4-3-5-8-11/h11-12,14H,2-10H2,1H3,(H,15,17). The Kier molecular flexibility index (Phi) is 5.40. The van der Waals surface area contributed by atoms with E-state index in [2.05, 4.69) is 10.0 Å². The lowest BCUT2D eigenvalue weighted by Gasteiger charge is -2.27. The van der Waals surface area contributed by atoms with Crippen molar-refractivity contribution in [3.05, 3.63) is 0 Å². The zero-order chi connectivity index (χ0) is 14.6. The molecule has 0 bridgehead atoms. The van der Waals surface area contributed by atoms with Crippen molar-refractivity contribution < 1.29 is 13.2 Å². The van der Waals surface area contributed by atoms with Crippen molar-refractivity contribution in [3.63, 3.8) is 0 Å². The van der Waals surface area contributed by atoms with Gasteiger partial charge in [0.15, 0.2) is 0 Å². The van der Waals surface area contributed by atoms with Gasteiger partial charge in [-0.25, -0.2) is 4.72 Å². The summed E-state index contributed by atoms with van der Waals surface area (Å²) in [6.07, 6.45) is 6.91. The minimum Gasteiger partial charge on any atom is -0.352 e. The molecule has 0 aromatic rings. The van der Waals surface area contributed by atoms with Crippen LogP contribution < -0.4 is 10.0 Å². The number of amides is 1. The zero-order valence-electron chi connectivity index (χ0n) is 12.1. The van der Waals surface area contributed by atoms with Gasteiger partial charge < -0.3 is 5.32 Å². The fourth-order valence-electron chi connectivity index (χ4n) is 3.10. The molecule has 1 saturated carbocycles. The molecule has 1 heterocycles. The Hall–Kier alpha value is -0.660. The Morgan fingerprint density at radius 2 is 1.85 bits per heavy atom. The first-order chi connectivity index (χ1) is 9.54. The molecule has 20 heavy (non-hydrogen) atoms. The maximum absolute atomic E-state index is 12.3. The van der Waals surface area contributed by atoms with Crippen molar-refractivity contribution in [1.29, 1.82) is 0 Å². The van der Waals surface area contributed by atoms with Crippen LogP contribution in [-0.2, 0) is 15.0 Å². The van der Waals surface area contributed by atoms with E-state index in [4.69, 9.17) is 0 Å². The first-order valence-electron chi connectivity index (χ1n) is 7.61. The average Bonchev–Trinajstić information content (AvgIpc) is 2.90. The van der Waals surface area contributed by atoms with E-state index < -0.39 is 16.3 Å². The van der Waals surface area contributed by atoms with Crippen LogP contribution in [0.4, 0.5) is 0 Å². The lowest BCUT2D eigenvalue weighted by atomic mass is 9.95. The van der Waals surface area contributed by atoms with Gasteiger partial charge in [-0.1, -0.05) is 26.2 Å². The van der Waals surface area contributed by atoms with Crippen LogP contribution in [0.25, 0.3) is 0 Å². The predicted octanol–water partition coefficient (Wildman–Crippen LogP) is 0.754. The fourth-order valence-corrected chi connectivity index (χ4v) is 4.54. The van der Waals surface area contributed by atoms with Gasteiger partial charge >= 0.3 is 0 Å². The van der Waals surface area contributed by atoms with Crippen molar-refractivity contribution in [2.45, 2.75) is 64.0 Å². The molecule has 2 rings (SSSR count). The summed E-state index contributed by atoms with van der Waals surface area (Å²) in [7, 11) is -3.52. The maximum atomic E-state index is 12.3. The van der Waals surface area contributed by atoms with Gasteiger partial charge in [-0.3, -0.25) is 4.79 Å². The van der Waals surface area contributed by atoms with E-state index in [-0.39, 0.29) is 11.9 Å². The molecule has 2 aliphatic rings. The topological polar surface area (TPSA) is 78.5 Å². The third kappa shape index (κ3) is 3.71. The third-order valence-electron chi connectivity index (χ3n) is 4.09. The Balaban J connectivity index is 1.97. The number of carbonyl (C=O) groups is 1. The summed E-state index contributed by atoms with van der Waals surface area (Å²) in [6, 6.07) is -0.318. The number of carbonyl (C=O) groups excluding carboxylic acids is 1. The van der Waals surface area contributed by atoms with Crippen LogP contribution in [0.15, 0.2) is 0 Å². The first-order valence-corrected chi connectivity index (χ1v) is 9.05. The molecule has 1 unspecified atom stereocenters. The Labute approximate surface area is 121 Å². The van der Waals surface area contributed by atoms with Gasteiger partial charge in [0.2, 0.25) is 5.91 Å². The number of hydrogen-bond acceptors (Lipinski definition) is 3. The lowest BCUT2D eigenvalue weighted by molar-refractivity contribution is -0.125. The van der Waals surface area contributed by atoms with Crippen molar-refractivity contribution in [1.82, 2.24) is 14.3 Å². The van der Waals surface area contributed by atoms with Crippen LogP contribution >= 0.6 is 0 Å². The second-order valence-electron chi connectivity index (χ2n) is 5.62. The van der Waals surface area contributed by atoms with Gasteiger partial charge in [-0.15, -0.1) is 0 Å². The van der Waals surface area contributed by atoms with Gasteiger partial charge in [-0.05, 0) is 25.7 Å². The molecule has 0 aromatic carbocycles. The molecule has 2 N–H and O–H groups in total. The normalized spacial score (nSPS) is 25.8. The molecule has 6 nitrogen and oxygen atoms in total. The third-order valence-corrected chi connectivity index (χ3v) is 5.80. The summed E-state index contributed by atoms with van der Waals surface area (Å²) >= 11 is 0. The highest BCUT2D eigenvalue weighted by atomic mass is 32.2. The minimum absolute atomic E-state index is 0.129. The van der Waals surface area contributed by atoms with Gasteiger partial charge in [0.05, 0.1) is 0 Å². The largest absolute Gasteiger partial charge is 0.352 e. The summed E-state index contributed by atoms with van der Waals surface area (Å²) < 4.78 is 27.9. The lowest BCUT2D eigenvalue weighted by Crippen LogP contribution is -2.51. The first kappa shape index (κ1) is 15.7. The van der Waals surface area contributed by atoms with Crippen LogP contribution in [-0.4, -0.2) is 43.8 Å². The second-order valence-corrected chi connectivity index (χ2v) is 7.32. The molecule has 1 aliphatic carbocycles. The van der Waals surface area contributed by atoms with Crippen LogP contribution in [0.2, 0.25) is 0 Å². The molecule has 0 spiro atoms.